The second-order valence-electron chi connectivity index (χ2n) is 8.42. The molecule has 2 N–H and O–H groups in total. The molecule has 1 atom stereocenters. The summed E-state index contributed by atoms with van der Waals surface area (Å²) < 4.78 is 5.36. The molecule has 1 saturated heterocycles. The molecule has 3 amide bonds. The molecule has 1 fully saturated rings. The number of hydrogen-bond donors (Lipinski definition) is 2. The molecule has 0 unspecified atom stereocenters. The number of ether oxygens (including phenoxy) is 1. The van der Waals surface area contributed by atoms with Crippen LogP contribution in [0.25, 0.3) is 0 Å². The van der Waals surface area contributed by atoms with E-state index in [-0.39, 0.29) is 30.7 Å². The van der Waals surface area contributed by atoms with Crippen molar-refractivity contribution in [3.63, 3.8) is 0 Å². The van der Waals surface area contributed by atoms with E-state index in [2.05, 4.69) is 10.6 Å². The van der Waals surface area contributed by atoms with Crippen molar-refractivity contribution in [1.29, 1.82) is 0 Å². The first-order valence-corrected chi connectivity index (χ1v) is 11.1. The van der Waals surface area contributed by atoms with Crippen molar-refractivity contribution in [3.8, 4) is 5.75 Å². The van der Waals surface area contributed by atoms with Crippen LogP contribution < -0.4 is 20.3 Å². The lowest BCUT2D eigenvalue weighted by molar-refractivity contribution is -0.122. The number of benzene rings is 3. The number of amides is 3. The van der Waals surface area contributed by atoms with Gasteiger partial charge >= 0.3 is 0 Å². The Labute approximate surface area is 198 Å². The summed E-state index contributed by atoms with van der Waals surface area (Å²) in [7, 11) is 1.55. The van der Waals surface area contributed by atoms with Gasteiger partial charge in [-0.15, -0.1) is 0 Å². The van der Waals surface area contributed by atoms with Gasteiger partial charge in [0.1, 0.15) is 5.75 Å². The van der Waals surface area contributed by atoms with E-state index in [4.69, 9.17) is 4.74 Å². The largest absolute Gasteiger partial charge is 0.495 e. The third kappa shape index (κ3) is 4.93. The third-order valence-corrected chi connectivity index (χ3v) is 5.89. The van der Waals surface area contributed by atoms with Gasteiger partial charge in [-0.1, -0.05) is 35.9 Å². The van der Waals surface area contributed by atoms with Crippen LogP contribution in [0.15, 0.2) is 66.7 Å². The van der Waals surface area contributed by atoms with E-state index < -0.39 is 5.92 Å². The minimum atomic E-state index is -0.509. The fourth-order valence-corrected chi connectivity index (χ4v) is 4.10. The summed E-state index contributed by atoms with van der Waals surface area (Å²) in [5, 5.41) is 5.77. The van der Waals surface area contributed by atoms with Crippen molar-refractivity contribution in [2.75, 3.05) is 29.2 Å². The zero-order chi connectivity index (χ0) is 24.2. The minimum absolute atomic E-state index is 0.108. The van der Waals surface area contributed by atoms with Gasteiger partial charge in [-0.3, -0.25) is 14.4 Å². The molecule has 0 saturated carbocycles. The average molecular weight is 458 g/mol. The van der Waals surface area contributed by atoms with Crippen molar-refractivity contribution < 1.29 is 19.1 Å². The van der Waals surface area contributed by atoms with Crippen LogP contribution in [0.1, 0.15) is 27.9 Å². The molecule has 7 nitrogen and oxygen atoms in total. The molecule has 174 valence electrons. The molecular formula is C27H27N3O4. The van der Waals surface area contributed by atoms with Gasteiger partial charge in [0.25, 0.3) is 5.91 Å². The van der Waals surface area contributed by atoms with Gasteiger partial charge in [-0.2, -0.15) is 0 Å². The highest BCUT2D eigenvalue weighted by Crippen LogP contribution is 2.33. The highest BCUT2D eigenvalue weighted by atomic mass is 16.5. The number of carbonyl (C=O) groups is 3. The number of carbonyl (C=O) groups excluding carboxylic acids is 3. The molecule has 0 radical (unpaired) electrons. The van der Waals surface area contributed by atoms with Crippen LogP contribution in [0.4, 0.5) is 17.1 Å². The molecule has 1 aliphatic heterocycles. The highest BCUT2D eigenvalue weighted by molar-refractivity contribution is 6.07. The van der Waals surface area contributed by atoms with E-state index in [9.17, 15) is 14.4 Å². The summed E-state index contributed by atoms with van der Waals surface area (Å²) in [4.78, 5) is 39.9. The predicted octanol–water partition coefficient (Wildman–Crippen LogP) is 4.56. The summed E-state index contributed by atoms with van der Waals surface area (Å²) in [5.74, 6) is -0.588. The van der Waals surface area contributed by atoms with Crippen LogP contribution in [0.3, 0.4) is 0 Å². The number of methoxy groups -OCH3 is 1. The van der Waals surface area contributed by atoms with Crippen LogP contribution in [0.2, 0.25) is 0 Å². The zero-order valence-corrected chi connectivity index (χ0v) is 19.4. The summed E-state index contributed by atoms with van der Waals surface area (Å²) in [5.41, 5.74) is 4.41. The topological polar surface area (TPSA) is 87.7 Å². The molecular weight excluding hydrogens is 430 g/mol. The number of nitrogens with one attached hydrogen (secondary N) is 2. The molecule has 0 bridgehead atoms. The fraction of sp³-hybridized carbons (Fsp3) is 0.222. The molecule has 4 rings (SSSR count). The van der Waals surface area contributed by atoms with E-state index >= 15 is 0 Å². The van der Waals surface area contributed by atoms with E-state index in [1.165, 1.54) is 0 Å². The van der Waals surface area contributed by atoms with Crippen LogP contribution in [0.5, 0.6) is 5.75 Å². The van der Waals surface area contributed by atoms with E-state index in [0.717, 1.165) is 16.8 Å². The fourth-order valence-electron chi connectivity index (χ4n) is 4.10. The number of aryl methyl sites for hydroxylation is 2. The second kappa shape index (κ2) is 9.79. The van der Waals surface area contributed by atoms with E-state index in [1.54, 1.807) is 48.4 Å². The molecule has 3 aromatic carbocycles. The SMILES string of the molecule is COc1ccccc1N1C[C@H](C(=O)Nc2cccc(C(=O)Nc3ccc(C)cc3C)c2)CC1=O. The maximum absolute atomic E-state index is 12.9. The molecule has 0 aliphatic carbocycles. The Balaban J connectivity index is 1.43. The first-order valence-electron chi connectivity index (χ1n) is 11.1. The number of nitrogens with zero attached hydrogens (tertiary/aromatic N) is 1. The first kappa shape index (κ1) is 23.0. The summed E-state index contributed by atoms with van der Waals surface area (Å²) in [6.45, 7) is 4.20. The Bertz CT molecular complexity index is 1250. The Kier molecular flexibility index (Phi) is 6.63. The van der Waals surface area contributed by atoms with Crippen molar-refractivity contribution >= 4 is 34.8 Å². The van der Waals surface area contributed by atoms with E-state index in [0.29, 0.717) is 22.7 Å². The number of rotatable bonds is 6. The van der Waals surface area contributed by atoms with Gasteiger partial charge in [0.05, 0.1) is 18.7 Å². The molecule has 0 aromatic heterocycles. The Hall–Kier alpha value is -4.13. The Morgan fingerprint density at radius 1 is 0.971 bits per heavy atom. The maximum Gasteiger partial charge on any atom is 0.255 e. The number of anilines is 3. The van der Waals surface area contributed by atoms with Crippen LogP contribution >= 0.6 is 0 Å². The first-order chi connectivity index (χ1) is 16.4. The van der Waals surface area contributed by atoms with Gasteiger partial charge in [-0.25, -0.2) is 0 Å². The molecule has 34 heavy (non-hydrogen) atoms. The summed E-state index contributed by atoms with van der Waals surface area (Å²) in [6.07, 6.45) is 0.108. The summed E-state index contributed by atoms with van der Waals surface area (Å²) in [6, 6.07) is 19.8. The maximum atomic E-state index is 12.9. The van der Waals surface area contributed by atoms with Crippen molar-refractivity contribution in [3.05, 3.63) is 83.4 Å². The Morgan fingerprint density at radius 3 is 2.53 bits per heavy atom. The zero-order valence-electron chi connectivity index (χ0n) is 19.4. The van der Waals surface area contributed by atoms with Crippen LogP contribution in [0, 0.1) is 19.8 Å². The predicted molar refractivity (Wildman–Crippen MR) is 132 cm³/mol. The average Bonchev–Trinajstić information content (AvgIpc) is 3.22. The van der Waals surface area contributed by atoms with Gasteiger partial charge in [0.2, 0.25) is 11.8 Å². The quantitative estimate of drug-likeness (QED) is 0.568. The van der Waals surface area contributed by atoms with E-state index in [1.807, 2.05) is 44.2 Å². The smallest absolute Gasteiger partial charge is 0.255 e. The monoisotopic (exact) mass is 457 g/mol. The van der Waals surface area contributed by atoms with Crippen LogP contribution in [-0.2, 0) is 9.59 Å². The minimum Gasteiger partial charge on any atom is -0.495 e. The number of hydrogen-bond acceptors (Lipinski definition) is 4. The normalized spacial score (nSPS) is 15.2. The standard InChI is InChI=1S/C27H27N3O4/c1-17-11-12-22(18(2)13-17)29-26(32)19-7-6-8-21(14-19)28-27(33)20-15-25(31)30(16-20)23-9-4-5-10-24(23)34-3/h4-14,20H,15-16H2,1-3H3,(H,28,33)(H,29,32)/t20-/m1/s1. The highest BCUT2D eigenvalue weighted by Gasteiger charge is 2.36. The molecule has 7 heteroatoms. The second-order valence-corrected chi connectivity index (χ2v) is 8.42. The number of para-hydroxylation sites is 2. The molecule has 3 aromatic rings. The lowest BCUT2D eigenvalue weighted by atomic mass is 10.1. The lowest BCUT2D eigenvalue weighted by Gasteiger charge is -2.19. The van der Waals surface area contributed by atoms with Crippen molar-refractivity contribution in [1.82, 2.24) is 0 Å². The lowest BCUT2D eigenvalue weighted by Crippen LogP contribution is -2.28. The third-order valence-electron chi connectivity index (χ3n) is 5.89. The molecule has 1 heterocycles. The van der Waals surface area contributed by atoms with Crippen molar-refractivity contribution in [2.24, 2.45) is 5.92 Å². The summed E-state index contributed by atoms with van der Waals surface area (Å²) >= 11 is 0. The van der Waals surface area contributed by atoms with Crippen molar-refractivity contribution in [2.45, 2.75) is 20.3 Å². The van der Waals surface area contributed by atoms with Gasteiger partial charge in [0.15, 0.2) is 0 Å². The molecule has 1 aliphatic rings. The van der Waals surface area contributed by atoms with Gasteiger partial charge in [0, 0.05) is 29.9 Å². The Morgan fingerprint density at radius 2 is 1.76 bits per heavy atom. The van der Waals surface area contributed by atoms with Gasteiger partial charge < -0.3 is 20.3 Å². The van der Waals surface area contributed by atoms with Crippen LogP contribution in [-0.4, -0.2) is 31.4 Å². The van der Waals surface area contributed by atoms with Gasteiger partial charge in [-0.05, 0) is 55.8 Å². The molecule has 0 spiro atoms.